The fraction of sp³-hybridized carbons (Fsp3) is 1.00. The number of hydrogen-bond donors (Lipinski definition) is 1. The van der Waals surface area contributed by atoms with Crippen molar-refractivity contribution >= 4 is 0 Å². The van der Waals surface area contributed by atoms with Crippen molar-refractivity contribution < 1.29 is 4.74 Å². The lowest BCUT2D eigenvalue weighted by molar-refractivity contribution is -0.0409. The van der Waals surface area contributed by atoms with Crippen molar-refractivity contribution in [2.75, 3.05) is 6.54 Å². The van der Waals surface area contributed by atoms with E-state index in [4.69, 9.17) is 4.74 Å². The third-order valence-electron chi connectivity index (χ3n) is 4.24. The van der Waals surface area contributed by atoms with Crippen LogP contribution in [0.1, 0.15) is 66.7 Å². The SMILES string of the molecule is CCC(CC)NCC(C)OC1CC(C)CC(C)C1. The van der Waals surface area contributed by atoms with Crippen LogP contribution in [0, 0.1) is 11.8 Å². The molecule has 1 saturated carbocycles. The minimum Gasteiger partial charge on any atom is -0.374 e. The molecule has 1 aliphatic carbocycles. The molecule has 0 amide bonds. The van der Waals surface area contributed by atoms with E-state index in [0.717, 1.165) is 18.4 Å². The molecule has 0 saturated heterocycles. The molecule has 2 nitrogen and oxygen atoms in total. The lowest BCUT2D eigenvalue weighted by Crippen LogP contribution is -2.38. The van der Waals surface area contributed by atoms with Gasteiger partial charge in [0, 0.05) is 12.6 Å². The molecule has 0 heterocycles. The fourth-order valence-electron chi connectivity index (χ4n) is 3.27. The Bertz CT molecular complexity index is 205. The summed E-state index contributed by atoms with van der Waals surface area (Å²) in [5.41, 5.74) is 0. The lowest BCUT2D eigenvalue weighted by Gasteiger charge is -2.33. The van der Waals surface area contributed by atoms with Crippen molar-refractivity contribution in [3.05, 3.63) is 0 Å². The molecule has 0 spiro atoms. The Hall–Kier alpha value is -0.0800. The van der Waals surface area contributed by atoms with Gasteiger partial charge in [-0.25, -0.2) is 0 Å². The van der Waals surface area contributed by atoms with Gasteiger partial charge in [0.05, 0.1) is 12.2 Å². The zero-order valence-electron chi connectivity index (χ0n) is 13.0. The first-order valence-electron chi connectivity index (χ1n) is 7.93. The first-order valence-corrected chi connectivity index (χ1v) is 7.93. The van der Waals surface area contributed by atoms with Crippen molar-refractivity contribution in [2.24, 2.45) is 11.8 Å². The van der Waals surface area contributed by atoms with Gasteiger partial charge >= 0.3 is 0 Å². The van der Waals surface area contributed by atoms with Gasteiger partial charge in [-0.1, -0.05) is 27.7 Å². The van der Waals surface area contributed by atoms with Gasteiger partial charge in [-0.15, -0.1) is 0 Å². The summed E-state index contributed by atoms with van der Waals surface area (Å²) in [4.78, 5) is 0. The molecule has 18 heavy (non-hydrogen) atoms. The highest BCUT2D eigenvalue weighted by Crippen LogP contribution is 2.30. The average molecular weight is 255 g/mol. The monoisotopic (exact) mass is 255 g/mol. The quantitative estimate of drug-likeness (QED) is 0.742. The largest absolute Gasteiger partial charge is 0.374 e. The number of rotatable bonds is 7. The van der Waals surface area contributed by atoms with Crippen LogP contribution in [-0.2, 0) is 4.74 Å². The predicted molar refractivity (Wildman–Crippen MR) is 78.9 cm³/mol. The van der Waals surface area contributed by atoms with Crippen LogP contribution < -0.4 is 5.32 Å². The van der Waals surface area contributed by atoms with E-state index in [-0.39, 0.29) is 0 Å². The third kappa shape index (κ3) is 5.71. The van der Waals surface area contributed by atoms with Crippen molar-refractivity contribution in [1.29, 1.82) is 0 Å². The van der Waals surface area contributed by atoms with Crippen LogP contribution in [-0.4, -0.2) is 24.8 Å². The second-order valence-corrected chi connectivity index (χ2v) is 6.41. The second kappa shape index (κ2) is 8.16. The molecule has 0 aromatic rings. The van der Waals surface area contributed by atoms with Gasteiger partial charge in [-0.2, -0.15) is 0 Å². The van der Waals surface area contributed by atoms with Gasteiger partial charge in [0.1, 0.15) is 0 Å². The summed E-state index contributed by atoms with van der Waals surface area (Å²) in [5.74, 6) is 1.66. The third-order valence-corrected chi connectivity index (χ3v) is 4.24. The summed E-state index contributed by atoms with van der Waals surface area (Å²) < 4.78 is 6.21. The lowest BCUT2D eigenvalue weighted by atomic mass is 9.82. The molecule has 1 fully saturated rings. The van der Waals surface area contributed by atoms with E-state index in [0.29, 0.717) is 18.2 Å². The van der Waals surface area contributed by atoms with Gasteiger partial charge in [-0.3, -0.25) is 0 Å². The maximum atomic E-state index is 6.21. The van der Waals surface area contributed by atoms with E-state index >= 15 is 0 Å². The molecule has 0 aliphatic heterocycles. The summed E-state index contributed by atoms with van der Waals surface area (Å²) in [5, 5.41) is 3.61. The Labute approximate surface area is 114 Å². The highest BCUT2D eigenvalue weighted by molar-refractivity contribution is 4.76. The zero-order chi connectivity index (χ0) is 13.5. The summed E-state index contributed by atoms with van der Waals surface area (Å²) in [7, 11) is 0. The predicted octanol–water partition coefficient (Wildman–Crippen LogP) is 3.99. The maximum Gasteiger partial charge on any atom is 0.0675 e. The van der Waals surface area contributed by atoms with Crippen molar-refractivity contribution in [2.45, 2.75) is 85.0 Å². The van der Waals surface area contributed by atoms with E-state index in [1.165, 1.54) is 32.1 Å². The first-order chi connectivity index (χ1) is 8.55. The standard InChI is InChI=1S/C16H33NO/c1-6-15(7-2)17-11-14(5)18-16-9-12(3)8-13(4)10-16/h12-17H,6-11H2,1-5H3. The van der Waals surface area contributed by atoms with Crippen LogP contribution in [0.25, 0.3) is 0 Å². The van der Waals surface area contributed by atoms with Crippen LogP contribution in [0.3, 0.4) is 0 Å². The Morgan fingerprint density at radius 3 is 2.11 bits per heavy atom. The van der Waals surface area contributed by atoms with Crippen LogP contribution in [0.5, 0.6) is 0 Å². The van der Waals surface area contributed by atoms with Crippen LogP contribution >= 0.6 is 0 Å². The molecular formula is C16H33NO. The summed E-state index contributed by atoms with van der Waals surface area (Å²) in [6.45, 7) is 12.4. The van der Waals surface area contributed by atoms with E-state index in [9.17, 15) is 0 Å². The van der Waals surface area contributed by atoms with Crippen LogP contribution in [0.2, 0.25) is 0 Å². The first kappa shape index (κ1) is 16.0. The Morgan fingerprint density at radius 1 is 1.06 bits per heavy atom. The Balaban J connectivity index is 2.24. The molecule has 3 atom stereocenters. The molecule has 0 bridgehead atoms. The van der Waals surface area contributed by atoms with Crippen LogP contribution in [0.4, 0.5) is 0 Å². The fourth-order valence-corrected chi connectivity index (χ4v) is 3.27. The molecule has 0 aromatic carbocycles. The summed E-state index contributed by atoms with van der Waals surface area (Å²) in [6, 6.07) is 0.653. The minimum absolute atomic E-state index is 0.341. The van der Waals surface area contributed by atoms with E-state index in [1.54, 1.807) is 0 Å². The molecule has 1 rings (SSSR count). The molecule has 108 valence electrons. The Kier molecular flexibility index (Phi) is 7.25. The number of ether oxygens (including phenoxy) is 1. The molecular weight excluding hydrogens is 222 g/mol. The van der Waals surface area contributed by atoms with Gasteiger partial charge in [-0.05, 0) is 50.9 Å². The Morgan fingerprint density at radius 2 is 1.61 bits per heavy atom. The summed E-state index contributed by atoms with van der Waals surface area (Å²) >= 11 is 0. The van der Waals surface area contributed by atoms with Crippen molar-refractivity contribution in [1.82, 2.24) is 5.32 Å². The number of hydrogen-bond acceptors (Lipinski definition) is 2. The van der Waals surface area contributed by atoms with E-state index in [2.05, 4.69) is 39.9 Å². The average Bonchev–Trinajstić information content (AvgIpc) is 2.28. The topological polar surface area (TPSA) is 21.3 Å². The smallest absolute Gasteiger partial charge is 0.0675 e. The molecule has 3 unspecified atom stereocenters. The van der Waals surface area contributed by atoms with Crippen molar-refractivity contribution in [3.63, 3.8) is 0 Å². The molecule has 1 aliphatic rings. The maximum absolute atomic E-state index is 6.21. The van der Waals surface area contributed by atoms with Crippen LogP contribution in [0.15, 0.2) is 0 Å². The minimum atomic E-state index is 0.341. The normalized spacial score (nSPS) is 30.7. The van der Waals surface area contributed by atoms with Gasteiger partial charge in [0.25, 0.3) is 0 Å². The second-order valence-electron chi connectivity index (χ2n) is 6.41. The van der Waals surface area contributed by atoms with Gasteiger partial charge in [0.15, 0.2) is 0 Å². The zero-order valence-corrected chi connectivity index (χ0v) is 13.0. The molecule has 0 aromatic heterocycles. The highest BCUT2D eigenvalue weighted by atomic mass is 16.5. The van der Waals surface area contributed by atoms with Crippen molar-refractivity contribution in [3.8, 4) is 0 Å². The molecule has 1 N–H and O–H groups in total. The highest BCUT2D eigenvalue weighted by Gasteiger charge is 2.25. The van der Waals surface area contributed by atoms with Gasteiger partial charge in [0.2, 0.25) is 0 Å². The summed E-state index contributed by atoms with van der Waals surface area (Å²) in [6.07, 6.45) is 7.12. The number of nitrogens with one attached hydrogen (secondary N) is 1. The molecule has 0 radical (unpaired) electrons. The van der Waals surface area contributed by atoms with E-state index in [1.807, 2.05) is 0 Å². The van der Waals surface area contributed by atoms with Gasteiger partial charge < -0.3 is 10.1 Å². The van der Waals surface area contributed by atoms with E-state index < -0.39 is 0 Å². The molecule has 2 heteroatoms.